The molecule has 3 N–H and O–H groups in total. The molecule has 0 rings (SSSR count). The van der Waals surface area contributed by atoms with Crippen molar-refractivity contribution in [2.75, 3.05) is 13.2 Å². The minimum atomic E-state index is 0.173. The van der Waals surface area contributed by atoms with E-state index in [-0.39, 0.29) is 12.4 Å². The Bertz CT molecular complexity index is 72.8. The van der Waals surface area contributed by atoms with Crippen LogP contribution in [-0.4, -0.2) is 19.0 Å². The van der Waals surface area contributed by atoms with Crippen molar-refractivity contribution in [2.45, 2.75) is 13.3 Å². The zero-order chi connectivity index (χ0) is 6.41. The van der Waals surface area contributed by atoms with Gasteiger partial charge in [0.25, 0.3) is 0 Å². The second-order valence-corrected chi connectivity index (χ2v) is 1.48. The molecule has 0 aromatic carbocycles. The van der Waals surface area contributed by atoms with E-state index in [1.54, 1.807) is 0 Å². The van der Waals surface area contributed by atoms with Crippen LogP contribution in [0.3, 0.4) is 0 Å². The molecule has 0 radical (unpaired) electrons. The number of rotatable bonds is 3. The summed E-state index contributed by atoms with van der Waals surface area (Å²) in [6.07, 6.45) is 0.933. The fourth-order valence-electron chi connectivity index (χ4n) is 0.284. The molecule has 0 aliphatic heterocycles. The minimum absolute atomic E-state index is 0.173. The molecule has 3 heteroatoms. The first-order chi connectivity index (χ1) is 3.81. The third-order valence-corrected chi connectivity index (χ3v) is 0.666. The lowest BCUT2D eigenvalue weighted by Crippen LogP contribution is -2.16. The monoisotopic (exact) mass is 116 g/mol. The maximum absolute atomic E-state index is 6.89. The van der Waals surface area contributed by atoms with Gasteiger partial charge in [0.1, 0.15) is 0 Å². The van der Waals surface area contributed by atoms with Gasteiger partial charge in [-0.05, 0) is 6.42 Å². The molecule has 8 heavy (non-hydrogen) atoms. The van der Waals surface area contributed by atoms with Crippen LogP contribution in [0.1, 0.15) is 13.3 Å². The standard InChI is InChI=1S/C5H12N2O/c1-2-3-8-5(7)4-6/h7H,2-4,6H2,1H3. The zero-order valence-electron chi connectivity index (χ0n) is 5.11. The van der Waals surface area contributed by atoms with Crippen molar-refractivity contribution in [3.8, 4) is 0 Å². The first kappa shape index (κ1) is 7.43. The predicted molar refractivity (Wildman–Crippen MR) is 33.0 cm³/mol. The molecule has 0 fully saturated rings. The van der Waals surface area contributed by atoms with Crippen molar-refractivity contribution in [3.63, 3.8) is 0 Å². The van der Waals surface area contributed by atoms with E-state index >= 15 is 0 Å². The van der Waals surface area contributed by atoms with Crippen LogP contribution in [0.5, 0.6) is 0 Å². The van der Waals surface area contributed by atoms with Crippen LogP contribution < -0.4 is 5.73 Å². The summed E-state index contributed by atoms with van der Waals surface area (Å²) in [5.74, 6) is 0.173. The number of hydrogen-bond donors (Lipinski definition) is 2. The molecule has 0 spiro atoms. The lowest BCUT2D eigenvalue weighted by Gasteiger charge is -2.00. The Morgan fingerprint density at radius 2 is 2.38 bits per heavy atom. The molecule has 0 aromatic rings. The molecule has 0 amide bonds. The Morgan fingerprint density at radius 3 is 2.75 bits per heavy atom. The summed E-state index contributed by atoms with van der Waals surface area (Å²) < 4.78 is 4.80. The van der Waals surface area contributed by atoms with Gasteiger partial charge < -0.3 is 10.5 Å². The zero-order valence-corrected chi connectivity index (χ0v) is 5.11. The molecule has 3 nitrogen and oxygen atoms in total. The van der Waals surface area contributed by atoms with Crippen molar-refractivity contribution >= 4 is 5.90 Å². The Hall–Kier alpha value is -0.570. The average molecular weight is 116 g/mol. The molecule has 0 aliphatic rings. The summed E-state index contributed by atoms with van der Waals surface area (Å²) in [7, 11) is 0. The van der Waals surface area contributed by atoms with Gasteiger partial charge in [0.2, 0.25) is 0 Å². The van der Waals surface area contributed by atoms with E-state index in [0.717, 1.165) is 6.42 Å². The van der Waals surface area contributed by atoms with Crippen LogP contribution in [0.2, 0.25) is 0 Å². The van der Waals surface area contributed by atoms with E-state index in [4.69, 9.17) is 15.9 Å². The van der Waals surface area contributed by atoms with Gasteiger partial charge >= 0.3 is 0 Å². The topological polar surface area (TPSA) is 59.1 Å². The number of hydrogen-bond acceptors (Lipinski definition) is 3. The van der Waals surface area contributed by atoms with E-state index in [1.165, 1.54) is 0 Å². The third-order valence-electron chi connectivity index (χ3n) is 0.666. The smallest absolute Gasteiger partial charge is 0.194 e. The van der Waals surface area contributed by atoms with E-state index < -0.39 is 0 Å². The van der Waals surface area contributed by atoms with E-state index in [2.05, 4.69) is 0 Å². The summed E-state index contributed by atoms with van der Waals surface area (Å²) in [6, 6.07) is 0. The highest BCUT2D eigenvalue weighted by Gasteiger charge is 1.88. The highest BCUT2D eigenvalue weighted by atomic mass is 16.5. The highest BCUT2D eigenvalue weighted by Crippen LogP contribution is 1.79. The number of nitrogens with two attached hydrogens (primary N) is 1. The van der Waals surface area contributed by atoms with Crippen molar-refractivity contribution in [1.29, 1.82) is 5.41 Å². The van der Waals surface area contributed by atoms with Crippen molar-refractivity contribution < 1.29 is 4.74 Å². The van der Waals surface area contributed by atoms with Crippen LogP contribution in [0, 0.1) is 5.41 Å². The van der Waals surface area contributed by atoms with Crippen LogP contribution in [0.4, 0.5) is 0 Å². The molecular formula is C5H12N2O. The van der Waals surface area contributed by atoms with Gasteiger partial charge in [-0.2, -0.15) is 0 Å². The summed E-state index contributed by atoms with van der Waals surface area (Å²) in [4.78, 5) is 0. The van der Waals surface area contributed by atoms with Gasteiger partial charge in [-0.3, -0.25) is 5.41 Å². The Morgan fingerprint density at radius 1 is 1.75 bits per heavy atom. The van der Waals surface area contributed by atoms with Gasteiger partial charge in [0.15, 0.2) is 5.90 Å². The van der Waals surface area contributed by atoms with Crippen LogP contribution in [0.15, 0.2) is 0 Å². The van der Waals surface area contributed by atoms with Crippen molar-refractivity contribution in [2.24, 2.45) is 5.73 Å². The minimum Gasteiger partial charge on any atom is -0.480 e. The molecule has 0 saturated carbocycles. The Labute approximate surface area is 49.3 Å². The first-order valence-electron chi connectivity index (χ1n) is 2.71. The van der Waals surface area contributed by atoms with Crippen LogP contribution >= 0.6 is 0 Å². The van der Waals surface area contributed by atoms with Crippen LogP contribution in [-0.2, 0) is 4.74 Å². The molecule has 48 valence electrons. The fraction of sp³-hybridized carbons (Fsp3) is 0.800. The third kappa shape index (κ3) is 3.61. The lowest BCUT2D eigenvalue weighted by atomic mass is 10.5. The maximum atomic E-state index is 6.89. The summed E-state index contributed by atoms with van der Waals surface area (Å²) in [5.41, 5.74) is 5.06. The molecule has 0 bridgehead atoms. The van der Waals surface area contributed by atoms with Gasteiger partial charge in [-0.15, -0.1) is 0 Å². The van der Waals surface area contributed by atoms with Gasteiger partial charge in [-0.1, -0.05) is 6.92 Å². The lowest BCUT2D eigenvalue weighted by molar-refractivity contribution is 0.296. The van der Waals surface area contributed by atoms with E-state index in [9.17, 15) is 0 Å². The molecule has 0 aromatic heterocycles. The van der Waals surface area contributed by atoms with Crippen LogP contribution in [0.25, 0.3) is 0 Å². The van der Waals surface area contributed by atoms with Gasteiger partial charge in [-0.25, -0.2) is 0 Å². The maximum Gasteiger partial charge on any atom is 0.194 e. The quantitative estimate of drug-likeness (QED) is 0.413. The SMILES string of the molecule is CCCOC(=N)CN. The molecule has 0 aliphatic carbocycles. The summed E-state index contributed by atoms with van der Waals surface area (Å²) in [5, 5.41) is 6.89. The molecule has 0 heterocycles. The average Bonchev–Trinajstić information content (AvgIpc) is 1.83. The first-order valence-corrected chi connectivity index (χ1v) is 2.71. The van der Waals surface area contributed by atoms with Gasteiger partial charge in [0, 0.05) is 0 Å². The predicted octanol–water partition coefficient (Wildman–Crippen LogP) is 0.349. The summed E-state index contributed by atoms with van der Waals surface area (Å²) in [6.45, 7) is 2.81. The number of nitrogens with one attached hydrogen (secondary N) is 1. The molecule has 0 unspecified atom stereocenters. The normalized spacial score (nSPS) is 8.75. The summed E-state index contributed by atoms with van der Waals surface area (Å²) >= 11 is 0. The van der Waals surface area contributed by atoms with Crippen molar-refractivity contribution in [1.82, 2.24) is 0 Å². The Balaban J connectivity index is 2.99. The van der Waals surface area contributed by atoms with E-state index in [1.807, 2.05) is 6.92 Å². The molecule has 0 saturated heterocycles. The van der Waals surface area contributed by atoms with Crippen molar-refractivity contribution in [3.05, 3.63) is 0 Å². The Kier molecular flexibility index (Phi) is 4.26. The largest absolute Gasteiger partial charge is 0.480 e. The number of ether oxygens (including phenoxy) is 1. The van der Waals surface area contributed by atoms with E-state index in [0.29, 0.717) is 6.61 Å². The second-order valence-electron chi connectivity index (χ2n) is 1.48. The van der Waals surface area contributed by atoms with Gasteiger partial charge in [0.05, 0.1) is 13.2 Å². The second kappa shape index (κ2) is 4.59. The molecule has 0 atom stereocenters. The molecular weight excluding hydrogens is 104 g/mol. The fourth-order valence-corrected chi connectivity index (χ4v) is 0.284. The highest BCUT2D eigenvalue weighted by molar-refractivity contribution is 5.74.